The van der Waals surface area contributed by atoms with E-state index in [9.17, 15) is 9.18 Å². The van der Waals surface area contributed by atoms with Gasteiger partial charge in [-0.25, -0.2) is 4.39 Å². The summed E-state index contributed by atoms with van der Waals surface area (Å²) in [5, 5.41) is 8.86. The molecule has 1 heterocycles. The van der Waals surface area contributed by atoms with Crippen LogP contribution in [0.5, 0.6) is 11.5 Å². The van der Waals surface area contributed by atoms with E-state index in [1.807, 2.05) is 6.92 Å². The topological polar surface area (TPSA) is 59.4 Å². The molecule has 1 N–H and O–H groups in total. The van der Waals surface area contributed by atoms with Crippen molar-refractivity contribution in [1.82, 2.24) is 4.98 Å². The van der Waals surface area contributed by atoms with E-state index in [1.54, 1.807) is 12.3 Å². The number of pyridine rings is 1. The fourth-order valence-corrected chi connectivity index (χ4v) is 1.24. The molecule has 0 aliphatic carbocycles. The summed E-state index contributed by atoms with van der Waals surface area (Å²) in [6, 6.07) is 5.98. The standard InChI is InChI=1S/C7H7FO.C7H7NO2/c1-5-6(8)3-2-4-7(5)9;1-6-2-7(10-5-9)4-8-3-6/h2-4,9H,1H3;2-5H,1H3. The lowest BCUT2D eigenvalue weighted by atomic mass is 10.2. The lowest BCUT2D eigenvalue weighted by molar-refractivity contribution is -0.120. The van der Waals surface area contributed by atoms with E-state index in [-0.39, 0.29) is 11.6 Å². The quantitative estimate of drug-likeness (QED) is 0.846. The van der Waals surface area contributed by atoms with Gasteiger partial charge in [0.1, 0.15) is 17.3 Å². The van der Waals surface area contributed by atoms with Crippen LogP contribution in [0.1, 0.15) is 11.1 Å². The molecule has 2 aromatic rings. The second-order valence-corrected chi connectivity index (χ2v) is 3.80. The second kappa shape index (κ2) is 7.10. The van der Waals surface area contributed by atoms with Crippen molar-refractivity contribution in [3.05, 3.63) is 53.6 Å². The van der Waals surface area contributed by atoms with Crippen LogP contribution in [0.25, 0.3) is 0 Å². The van der Waals surface area contributed by atoms with Gasteiger partial charge in [-0.2, -0.15) is 0 Å². The van der Waals surface area contributed by atoms with E-state index in [0.29, 0.717) is 17.8 Å². The van der Waals surface area contributed by atoms with Crippen LogP contribution in [0.2, 0.25) is 0 Å². The number of phenols is 1. The number of nitrogens with zero attached hydrogens (tertiary/aromatic N) is 1. The number of aryl methyl sites for hydroxylation is 1. The van der Waals surface area contributed by atoms with Crippen molar-refractivity contribution >= 4 is 6.47 Å². The van der Waals surface area contributed by atoms with Gasteiger partial charge in [0.05, 0.1) is 6.20 Å². The molecule has 0 fully saturated rings. The van der Waals surface area contributed by atoms with Crippen molar-refractivity contribution in [2.75, 3.05) is 0 Å². The minimum atomic E-state index is -0.366. The first-order valence-corrected chi connectivity index (χ1v) is 5.50. The Labute approximate surface area is 110 Å². The Morgan fingerprint density at radius 1 is 1.32 bits per heavy atom. The molecule has 0 radical (unpaired) electrons. The van der Waals surface area contributed by atoms with Gasteiger partial charge in [-0.05, 0) is 37.6 Å². The van der Waals surface area contributed by atoms with Crippen LogP contribution in [-0.4, -0.2) is 16.6 Å². The highest BCUT2D eigenvalue weighted by atomic mass is 19.1. The highest BCUT2D eigenvalue weighted by molar-refractivity contribution is 5.44. The molecule has 0 aliphatic rings. The number of ether oxygens (including phenoxy) is 1. The van der Waals surface area contributed by atoms with Gasteiger partial charge in [0.2, 0.25) is 0 Å². The summed E-state index contributed by atoms with van der Waals surface area (Å²) in [5.41, 5.74) is 1.27. The molecule has 0 amide bonds. The van der Waals surface area contributed by atoms with Crippen LogP contribution < -0.4 is 4.74 Å². The summed E-state index contributed by atoms with van der Waals surface area (Å²) in [5.74, 6) is 0.125. The van der Waals surface area contributed by atoms with Crippen molar-refractivity contribution in [2.24, 2.45) is 0 Å². The number of aromatic nitrogens is 1. The van der Waals surface area contributed by atoms with E-state index in [0.717, 1.165) is 5.56 Å². The minimum absolute atomic E-state index is 0.00926. The van der Waals surface area contributed by atoms with Crippen LogP contribution in [0.3, 0.4) is 0 Å². The monoisotopic (exact) mass is 263 g/mol. The van der Waals surface area contributed by atoms with Crippen LogP contribution in [-0.2, 0) is 4.79 Å². The molecule has 0 saturated carbocycles. The molecule has 4 nitrogen and oxygen atoms in total. The normalized spacial score (nSPS) is 9.21. The number of halogens is 1. The molecule has 0 unspecified atom stereocenters. The maximum atomic E-state index is 12.4. The zero-order valence-corrected chi connectivity index (χ0v) is 10.6. The fourth-order valence-electron chi connectivity index (χ4n) is 1.24. The first-order chi connectivity index (χ1) is 9.04. The predicted molar refractivity (Wildman–Crippen MR) is 68.5 cm³/mol. The SMILES string of the molecule is Cc1c(O)cccc1F.Cc1cncc(OC=O)c1. The molecule has 0 saturated heterocycles. The lowest BCUT2D eigenvalue weighted by Crippen LogP contribution is -1.89. The van der Waals surface area contributed by atoms with Crippen molar-refractivity contribution < 1.29 is 19.0 Å². The Balaban J connectivity index is 0.000000191. The maximum Gasteiger partial charge on any atom is 0.298 e. The number of carbonyl (C=O) groups excluding carboxylic acids is 1. The van der Waals surface area contributed by atoms with Crippen molar-refractivity contribution in [3.63, 3.8) is 0 Å². The van der Waals surface area contributed by atoms with Crippen LogP contribution in [0.15, 0.2) is 36.7 Å². The lowest BCUT2D eigenvalue weighted by Gasteiger charge is -1.96. The van der Waals surface area contributed by atoms with Gasteiger partial charge in [0.25, 0.3) is 6.47 Å². The van der Waals surface area contributed by atoms with Gasteiger partial charge in [-0.1, -0.05) is 6.07 Å². The summed E-state index contributed by atoms with van der Waals surface area (Å²) in [4.78, 5) is 13.7. The Morgan fingerprint density at radius 2 is 2.05 bits per heavy atom. The molecule has 5 heteroatoms. The summed E-state index contributed by atoms with van der Waals surface area (Å²) >= 11 is 0. The van der Waals surface area contributed by atoms with E-state index in [1.165, 1.54) is 31.3 Å². The van der Waals surface area contributed by atoms with E-state index >= 15 is 0 Å². The number of aromatic hydroxyl groups is 1. The Morgan fingerprint density at radius 3 is 2.58 bits per heavy atom. The van der Waals surface area contributed by atoms with Crippen LogP contribution in [0.4, 0.5) is 4.39 Å². The number of rotatable bonds is 2. The van der Waals surface area contributed by atoms with Crippen molar-refractivity contribution in [2.45, 2.75) is 13.8 Å². The van der Waals surface area contributed by atoms with E-state index in [4.69, 9.17) is 5.11 Å². The van der Waals surface area contributed by atoms with Gasteiger partial charge in [0.15, 0.2) is 0 Å². The Hall–Kier alpha value is -2.43. The van der Waals surface area contributed by atoms with Crippen molar-refractivity contribution in [1.29, 1.82) is 0 Å². The van der Waals surface area contributed by atoms with Gasteiger partial charge < -0.3 is 9.84 Å². The van der Waals surface area contributed by atoms with Gasteiger partial charge >= 0.3 is 0 Å². The fraction of sp³-hybridized carbons (Fsp3) is 0.143. The molecule has 1 aromatic carbocycles. The molecular formula is C14H14FNO3. The molecule has 1 aromatic heterocycles. The first kappa shape index (κ1) is 14.6. The molecule has 100 valence electrons. The van der Waals surface area contributed by atoms with Crippen LogP contribution >= 0.6 is 0 Å². The molecule has 0 bridgehead atoms. The largest absolute Gasteiger partial charge is 0.508 e. The average molecular weight is 263 g/mol. The highest BCUT2D eigenvalue weighted by Crippen LogP contribution is 2.17. The predicted octanol–water partition coefficient (Wildman–Crippen LogP) is 2.76. The molecule has 2 rings (SSSR count). The van der Waals surface area contributed by atoms with Gasteiger partial charge in [-0.15, -0.1) is 0 Å². The zero-order chi connectivity index (χ0) is 14.3. The maximum absolute atomic E-state index is 12.4. The highest BCUT2D eigenvalue weighted by Gasteiger charge is 1.98. The smallest absolute Gasteiger partial charge is 0.298 e. The number of benzene rings is 1. The van der Waals surface area contributed by atoms with Gasteiger partial charge in [-0.3, -0.25) is 9.78 Å². The zero-order valence-electron chi connectivity index (χ0n) is 10.6. The molecule has 19 heavy (non-hydrogen) atoms. The van der Waals surface area contributed by atoms with Crippen LogP contribution in [0, 0.1) is 19.7 Å². The molecule has 0 spiro atoms. The van der Waals surface area contributed by atoms with E-state index in [2.05, 4.69) is 9.72 Å². The van der Waals surface area contributed by atoms with Gasteiger partial charge in [0, 0.05) is 11.8 Å². The Kier molecular flexibility index (Phi) is 5.47. The third-order valence-corrected chi connectivity index (χ3v) is 2.27. The summed E-state index contributed by atoms with van der Waals surface area (Å²) in [7, 11) is 0. The minimum Gasteiger partial charge on any atom is -0.508 e. The molecule has 0 aliphatic heterocycles. The third-order valence-electron chi connectivity index (χ3n) is 2.27. The number of carbonyl (C=O) groups is 1. The second-order valence-electron chi connectivity index (χ2n) is 3.80. The van der Waals surface area contributed by atoms with Crippen molar-refractivity contribution in [3.8, 4) is 11.5 Å². The molecular weight excluding hydrogens is 249 g/mol. The average Bonchev–Trinajstić information content (AvgIpc) is 2.37. The number of phenolic OH excluding ortho intramolecular Hbond substituents is 1. The number of hydrogen-bond donors (Lipinski definition) is 1. The Bertz CT molecular complexity index is 538. The third kappa shape index (κ3) is 4.75. The number of hydrogen-bond acceptors (Lipinski definition) is 4. The summed E-state index contributed by atoms with van der Waals surface area (Å²) in [6.07, 6.45) is 3.18. The summed E-state index contributed by atoms with van der Waals surface area (Å²) in [6.45, 7) is 3.80. The first-order valence-electron chi connectivity index (χ1n) is 5.50. The molecule has 0 atom stereocenters. The van der Waals surface area contributed by atoms with E-state index < -0.39 is 0 Å². The summed E-state index contributed by atoms with van der Waals surface area (Å²) < 4.78 is 17.0.